The van der Waals surface area contributed by atoms with Gasteiger partial charge in [-0.05, 0) is 43.4 Å². The summed E-state index contributed by atoms with van der Waals surface area (Å²) < 4.78 is 13.0. The quantitative estimate of drug-likeness (QED) is 0.378. The summed E-state index contributed by atoms with van der Waals surface area (Å²) in [7, 11) is 1.94. The number of carbonyl (C=O) groups is 1. The number of piperidine rings is 1. The number of benzene rings is 1. The average molecular weight is 490 g/mol. The van der Waals surface area contributed by atoms with Crippen molar-refractivity contribution in [2.75, 3.05) is 33.2 Å². The molecule has 0 aromatic heterocycles. The van der Waals surface area contributed by atoms with Crippen LogP contribution < -0.4 is 5.32 Å². The van der Waals surface area contributed by atoms with Crippen molar-refractivity contribution in [1.82, 2.24) is 15.1 Å². The van der Waals surface area contributed by atoms with Gasteiger partial charge in [-0.3, -0.25) is 9.79 Å². The molecule has 1 heterocycles. The lowest BCUT2D eigenvalue weighted by Crippen LogP contribution is -2.40. The molecule has 1 atom stereocenters. The number of amides is 1. The molecule has 1 aliphatic rings. The van der Waals surface area contributed by atoms with Crippen LogP contribution in [-0.4, -0.2) is 54.9 Å². The third kappa shape index (κ3) is 8.02. The molecule has 0 bridgehead atoms. The Balaban J connectivity index is 0.00000364. The van der Waals surface area contributed by atoms with Crippen molar-refractivity contribution in [2.45, 2.75) is 39.7 Å². The summed E-state index contributed by atoms with van der Waals surface area (Å²) in [5, 5.41) is 3.25. The summed E-state index contributed by atoms with van der Waals surface area (Å²) in [4.78, 5) is 20.9. The van der Waals surface area contributed by atoms with Gasteiger partial charge in [0.2, 0.25) is 5.91 Å². The van der Waals surface area contributed by atoms with Crippen molar-refractivity contribution in [3.63, 3.8) is 0 Å². The molecule has 1 fully saturated rings. The van der Waals surface area contributed by atoms with Crippen molar-refractivity contribution in [3.8, 4) is 0 Å². The van der Waals surface area contributed by atoms with Gasteiger partial charge in [-0.1, -0.05) is 19.1 Å². The van der Waals surface area contributed by atoms with Crippen LogP contribution in [0.25, 0.3) is 0 Å². The molecule has 7 heteroatoms. The highest BCUT2D eigenvalue weighted by atomic mass is 127. The number of nitrogens with one attached hydrogen (secondary N) is 1. The van der Waals surface area contributed by atoms with E-state index in [1.807, 2.05) is 23.8 Å². The van der Waals surface area contributed by atoms with Gasteiger partial charge in [0.05, 0.1) is 6.54 Å². The molecule has 1 saturated heterocycles. The van der Waals surface area contributed by atoms with Crippen LogP contribution in [0.15, 0.2) is 29.3 Å². The van der Waals surface area contributed by atoms with Gasteiger partial charge in [-0.15, -0.1) is 24.0 Å². The molecule has 0 radical (unpaired) electrons. The Morgan fingerprint density at radius 1 is 1.37 bits per heavy atom. The molecular formula is C20H32FIN4O. The van der Waals surface area contributed by atoms with Crippen LogP contribution in [0.4, 0.5) is 4.39 Å². The molecule has 0 spiro atoms. The minimum atomic E-state index is -0.234. The van der Waals surface area contributed by atoms with Gasteiger partial charge in [-0.25, -0.2) is 4.39 Å². The lowest BCUT2D eigenvalue weighted by Gasteiger charge is -2.31. The van der Waals surface area contributed by atoms with Gasteiger partial charge in [0, 0.05) is 39.6 Å². The molecule has 0 aliphatic carbocycles. The predicted molar refractivity (Wildman–Crippen MR) is 119 cm³/mol. The zero-order chi connectivity index (χ0) is 18.9. The lowest BCUT2D eigenvalue weighted by atomic mass is 10.00. The summed E-state index contributed by atoms with van der Waals surface area (Å²) in [5.41, 5.74) is 1.01. The van der Waals surface area contributed by atoms with E-state index in [9.17, 15) is 9.18 Å². The average Bonchev–Trinajstić information content (AvgIpc) is 2.62. The van der Waals surface area contributed by atoms with E-state index in [0.717, 1.165) is 37.6 Å². The molecule has 1 amide bonds. The summed E-state index contributed by atoms with van der Waals surface area (Å²) in [6, 6.07) is 6.48. The standard InChI is InChI=1S/C20H31FN4O.HI/c1-4-22-20(24(3)15-17-7-9-18(21)10-8-17)23-12-11-19(26)25-13-5-6-16(2)14-25;/h7-10,16H,4-6,11-15H2,1-3H3,(H,22,23);1H. The monoisotopic (exact) mass is 490 g/mol. The van der Waals surface area contributed by atoms with Crippen LogP contribution in [0.1, 0.15) is 38.7 Å². The van der Waals surface area contributed by atoms with E-state index in [1.54, 1.807) is 12.1 Å². The molecule has 1 N–H and O–H groups in total. The third-order valence-corrected chi connectivity index (χ3v) is 4.63. The normalized spacial score (nSPS) is 17.3. The van der Waals surface area contributed by atoms with Gasteiger partial charge >= 0.3 is 0 Å². The van der Waals surface area contributed by atoms with Crippen LogP contribution in [0.5, 0.6) is 0 Å². The second-order valence-electron chi connectivity index (χ2n) is 7.06. The zero-order valence-corrected chi connectivity index (χ0v) is 18.9. The van der Waals surface area contributed by atoms with Crippen molar-refractivity contribution in [1.29, 1.82) is 0 Å². The largest absolute Gasteiger partial charge is 0.357 e. The second-order valence-corrected chi connectivity index (χ2v) is 7.06. The molecule has 1 aliphatic heterocycles. The lowest BCUT2D eigenvalue weighted by molar-refractivity contribution is -0.132. The molecular weight excluding hydrogens is 458 g/mol. The fourth-order valence-electron chi connectivity index (χ4n) is 3.24. The van der Waals surface area contributed by atoms with Gasteiger partial charge in [0.15, 0.2) is 5.96 Å². The first kappa shape index (κ1) is 23.7. The number of likely N-dealkylation sites (tertiary alicyclic amines) is 1. The Kier molecular flexibility index (Phi) is 10.6. The molecule has 27 heavy (non-hydrogen) atoms. The zero-order valence-electron chi connectivity index (χ0n) is 16.6. The molecule has 0 saturated carbocycles. The van der Waals surface area contributed by atoms with Crippen LogP contribution in [0.3, 0.4) is 0 Å². The van der Waals surface area contributed by atoms with E-state index < -0.39 is 0 Å². The maximum absolute atomic E-state index is 13.0. The molecule has 1 unspecified atom stereocenters. The van der Waals surface area contributed by atoms with E-state index in [2.05, 4.69) is 17.2 Å². The van der Waals surface area contributed by atoms with Crippen molar-refractivity contribution in [2.24, 2.45) is 10.9 Å². The Hall–Kier alpha value is -1.38. The van der Waals surface area contributed by atoms with E-state index in [4.69, 9.17) is 0 Å². The third-order valence-electron chi connectivity index (χ3n) is 4.63. The van der Waals surface area contributed by atoms with Crippen LogP contribution >= 0.6 is 24.0 Å². The maximum atomic E-state index is 13.0. The first-order chi connectivity index (χ1) is 12.5. The van der Waals surface area contributed by atoms with Crippen molar-refractivity contribution >= 4 is 35.8 Å². The molecule has 5 nitrogen and oxygen atoms in total. The number of nitrogens with zero attached hydrogens (tertiary/aromatic N) is 3. The van der Waals surface area contributed by atoms with E-state index in [-0.39, 0.29) is 35.7 Å². The number of carbonyl (C=O) groups excluding carboxylic acids is 1. The van der Waals surface area contributed by atoms with Crippen LogP contribution in [0, 0.1) is 11.7 Å². The molecule has 2 rings (SSSR count). The number of hydrogen-bond donors (Lipinski definition) is 1. The minimum absolute atomic E-state index is 0. The van der Waals surface area contributed by atoms with Gasteiger partial charge in [-0.2, -0.15) is 0 Å². The number of rotatable bonds is 6. The molecule has 152 valence electrons. The van der Waals surface area contributed by atoms with E-state index >= 15 is 0 Å². The van der Waals surface area contributed by atoms with E-state index in [1.165, 1.54) is 18.6 Å². The Morgan fingerprint density at radius 3 is 2.70 bits per heavy atom. The summed E-state index contributed by atoms with van der Waals surface area (Å²) in [6.45, 7) is 7.81. The summed E-state index contributed by atoms with van der Waals surface area (Å²) in [5.74, 6) is 1.31. The SMILES string of the molecule is CCNC(=NCCC(=O)N1CCCC(C)C1)N(C)Cc1ccc(F)cc1.I. The topological polar surface area (TPSA) is 47.9 Å². The van der Waals surface area contributed by atoms with Crippen LogP contribution in [-0.2, 0) is 11.3 Å². The molecule has 1 aromatic rings. The predicted octanol–water partition coefficient (Wildman–Crippen LogP) is 3.49. The highest BCUT2D eigenvalue weighted by Crippen LogP contribution is 2.16. The minimum Gasteiger partial charge on any atom is -0.357 e. The Bertz CT molecular complexity index is 609. The van der Waals surface area contributed by atoms with Gasteiger partial charge in [0.1, 0.15) is 5.82 Å². The fraction of sp³-hybridized carbons (Fsp3) is 0.600. The van der Waals surface area contributed by atoms with Crippen molar-refractivity contribution in [3.05, 3.63) is 35.6 Å². The van der Waals surface area contributed by atoms with E-state index in [0.29, 0.717) is 25.4 Å². The molecule has 1 aromatic carbocycles. The van der Waals surface area contributed by atoms with Gasteiger partial charge in [0.25, 0.3) is 0 Å². The highest BCUT2D eigenvalue weighted by molar-refractivity contribution is 14.0. The number of guanidine groups is 1. The first-order valence-electron chi connectivity index (χ1n) is 9.51. The smallest absolute Gasteiger partial charge is 0.224 e. The Morgan fingerprint density at radius 2 is 2.07 bits per heavy atom. The number of halogens is 2. The Labute approximate surface area is 179 Å². The fourth-order valence-corrected chi connectivity index (χ4v) is 3.24. The van der Waals surface area contributed by atoms with Crippen LogP contribution in [0.2, 0.25) is 0 Å². The number of aliphatic imine (C=N–C) groups is 1. The summed E-state index contributed by atoms with van der Waals surface area (Å²) >= 11 is 0. The van der Waals surface area contributed by atoms with Crippen molar-refractivity contribution < 1.29 is 9.18 Å². The highest BCUT2D eigenvalue weighted by Gasteiger charge is 2.20. The number of hydrogen-bond acceptors (Lipinski definition) is 2. The first-order valence-corrected chi connectivity index (χ1v) is 9.51. The van der Waals surface area contributed by atoms with Gasteiger partial charge < -0.3 is 15.1 Å². The summed E-state index contributed by atoms with van der Waals surface area (Å²) in [6.07, 6.45) is 2.74. The maximum Gasteiger partial charge on any atom is 0.224 e. The second kappa shape index (κ2) is 12.2.